The summed E-state index contributed by atoms with van der Waals surface area (Å²) in [4.78, 5) is 35.0. The maximum absolute atomic E-state index is 12.5. The van der Waals surface area contributed by atoms with Gasteiger partial charge in [-0.2, -0.15) is 0 Å². The van der Waals surface area contributed by atoms with E-state index in [4.69, 9.17) is 31.4 Å². The first-order chi connectivity index (χ1) is 13.8. The van der Waals surface area contributed by atoms with Gasteiger partial charge in [-0.15, -0.1) is 0 Å². The van der Waals surface area contributed by atoms with E-state index in [9.17, 15) is 4.79 Å². The van der Waals surface area contributed by atoms with Gasteiger partial charge in [-0.3, -0.25) is 9.69 Å². The normalized spacial score (nSPS) is 13.9. The molecule has 1 saturated heterocycles. The van der Waals surface area contributed by atoms with Crippen LogP contribution in [0.25, 0.3) is 0 Å². The zero-order valence-electron chi connectivity index (χ0n) is 16.0. The molecule has 2 N–H and O–H groups in total. The molecule has 1 aliphatic heterocycles. The molecule has 7 nitrogen and oxygen atoms in total. The number of carbonyl (C=O) groups excluding carboxylic acids is 1. The second-order valence-electron chi connectivity index (χ2n) is 6.67. The summed E-state index contributed by atoms with van der Waals surface area (Å²) < 4.78 is 0. The number of hydrogen-bond donors (Lipinski definition) is 2. The van der Waals surface area contributed by atoms with Crippen molar-refractivity contribution in [1.82, 2.24) is 9.80 Å². The van der Waals surface area contributed by atoms with E-state index in [0.29, 0.717) is 10.6 Å². The highest BCUT2D eigenvalue weighted by Gasteiger charge is 2.22. The van der Waals surface area contributed by atoms with Crippen LogP contribution in [0.2, 0.25) is 5.02 Å². The Balaban J connectivity index is 0.000000438. The van der Waals surface area contributed by atoms with E-state index >= 15 is 0 Å². The molecule has 1 heterocycles. The number of halogens is 1. The fourth-order valence-electron chi connectivity index (χ4n) is 2.86. The van der Waals surface area contributed by atoms with Crippen LogP contribution in [0.5, 0.6) is 0 Å². The maximum atomic E-state index is 12.5. The van der Waals surface area contributed by atoms with Crippen LogP contribution in [0, 0.1) is 6.92 Å². The van der Waals surface area contributed by atoms with E-state index in [1.54, 1.807) is 12.1 Å². The van der Waals surface area contributed by atoms with Crippen LogP contribution < -0.4 is 0 Å². The molecule has 0 bridgehead atoms. The van der Waals surface area contributed by atoms with Gasteiger partial charge in [0.1, 0.15) is 0 Å². The Hall–Kier alpha value is -2.90. The summed E-state index contributed by atoms with van der Waals surface area (Å²) in [5, 5.41) is 15.4. The van der Waals surface area contributed by atoms with Crippen LogP contribution in [0.3, 0.4) is 0 Å². The zero-order chi connectivity index (χ0) is 21.4. The molecule has 8 heteroatoms. The largest absolute Gasteiger partial charge is 0.473 e. The predicted octanol–water partition coefficient (Wildman–Crippen LogP) is 2.76. The molecule has 1 amide bonds. The second kappa shape index (κ2) is 10.6. The third-order valence-corrected chi connectivity index (χ3v) is 4.68. The Morgan fingerprint density at radius 1 is 0.931 bits per heavy atom. The number of hydrogen-bond acceptors (Lipinski definition) is 4. The van der Waals surface area contributed by atoms with Gasteiger partial charge in [-0.25, -0.2) is 9.59 Å². The van der Waals surface area contributed by atoms with E-state index in [0.717, 1.165) is 32.7 Å². The number of carbonyl (C=O) groups is 3. The van der Waals surface area contributed by atoms with Gasteiger partial charge in [0.15, 0.2) is 0 Å². The smallest absolute Gasteiger partial charge is 0.414 e. The number of carboxylic acids is 2. The van der Waals surface area contributed by atoms with Crippen molar-refractivity contribution in [2.24, 2.45) is 0 Å². The molecule has 0 radical (unpaired) electrons. The van der Waals surface area contributed by atoms with Crippen molar-refractivity contribution in [2.75, 3.05) is 26.2 Å². The molecule has 0 aliphatic carbocycles. The van der Waals surface area contributed by atoms with Gasteiger partial charge in [0.05, 0.1) is 0 Å². The van der Waals surface area contributed by atoms with Crippen molar-refractivity contribution in [3.8, 4) is 0 Å². The topological polar surface area (TPSA) is 98.2 Å². The molecule has 2 aromatic carbocycles. The number of piperazine rings is 1. The summed E-state index contributed by atoms with van der Waals surface area (Å²) in [7, 11) is 0. The lowest BCUT2D eigenvalue weighted by atomic mass is 10.1. The summed E-state index contributed by atoms with van der Waals surface area (Å²) in [5.74, 6) is -3.58. The molecule has 29 heavy (non-hydrogen) atoms. The lowest BCUT2D eigenvalue weighted by molar-refractivity contribution is -0.159. The molecule has 3 rings (SSSR count). The minimum absolute atomic E-state index is 0.0717. The van der Waals surface area contributed by atoms with Gasteiger partial charge < -0.3 is 15.1 Å². The first kappa shape index (κ1) is 22.4. The van der Waals surface area contributed by atoms with Crippen LogP contribution in [-0.4, -0.2) is 64.0 Å². The zero-order valence-corrected chi connectivity index (χ0v) is 16.8. The minimum Gasteiger partial charge on any atom is -0.473 e. The van der Waals surface area contributed by atoms with E-state index in [-0.39, 0.29) is 5.91 Å². The van der Waals surface area contributed by atoms with Crippen LogP contribution in [-0.2, 0) is 16.1 Å². The molecule has 0 saturated carbocycles. The highest BCUT2D eigenvalue weighted by atomic mass is 35.5. The standard InChI is InChI=1S/C19H21ClN2O.C2H2O4/c1-15-5-7-16(8-6-15)14-21-9-11-22(12-10-21)19(23)17-3-2-4-18(20)13-17;3-1(4)2(5)6/h2-8,13H,9-12,14H2,1H3;(H,3,4)(H,5,6). The Kier molecular flexibility index (Phi) is 8.18. The maximum Gasteiger partial charge on any atom is 0.414 e. The summed E-state index contributed by atoms with van der Waals surface area (Å²) >= 11 is 5.97. The second-order valence-corrected chi connectivity index (χ2v) is 7.11. The fraction of sp³-hybridized carbons (Fsp3) is 0.286. The Bertz CT molecular complexity index is 850. The molecule has 0 unspecified atom stereocenters. The summed E-state index contributed by atoms with van der Waals surface area (Å²) in [5.41, 5.74) is 3.28. The first-order valence-corrected chi connectivity index (χ1v) is 9.43. The lowest BCUT2D eigenvalue weighted by Crippen LogP contribution is -2.48. The number of aliphatic carboxylic acids is 2. The fourth-order valence-corrected chi connectivity index (χ4v) is 3.06. The van der Waals surface area contributed by atoms with E-state index < -0.39 is 11.9 Å². The molecule has 2 aromatic rings. The third kappa shape index (κ3) is 7.21. The lowest BCUT2D eigenvalue weighted by Gasteiger charge is -2.34. The number of benzene rings is 2. The third-order valence-electron chi connectivity index (χ3n) is 4.44. The van der Waals surface area contributed by atoms with Gasteiger partial charge in [0.2, 0.25) is 0 Å². The van der Waals surface area contributed by atoms with Gasteiger partial charge in [0.25, 0.3) is 5.91 Å². The molecular formula is C21H23ClN2O5. The average Bonchev–Trinajstić information content (AvgIpc) is 2.70. The van der Waals surface area contributed by atoms with E-state index in [1.807, 2.05) is 17.0 Å². The number of rotatable bonds is 3. The number of nitrogens with zero attached hydrogens (tertiary/aromatic N) is 2. The molecule has 0 aromatic heterocycles. The SMILES string of the molecule is Cc1ccc(CN2CCN(C(=O)c3cccc(Cl)c3)CC2)cc1.O=C(O)C(=O)O. The molecule has 0 atom stereocenters. The van der Waals surface area contributed by atoms with Gasteiger partial charge >= 0.3 is 11.9 Å². The van der Waals surface area contributed by atoms with Gasteiger partial charge in [-0.05, 0) is 30.7 Å². The number of carboxylic acid groups (broad SMARTS) is 2. The van der Waals surface area contributed by atoms with Crippen molar-refractivity contribution >= 4 is 29.4 Å². The van der Waals surface area contributed by atoms with Crippen molar-refractivity contribution < 1.29 is 24.6 Å². The van der Waals surface area contributed by atoms with Crippen LogP contribution >= 0.6 is 11.6 Å². The highest BCUT2D eigenvalue weighted by Crippen LogP contribution is 2.15. The summed E-state index contributed by atoms with van der Waals surface area (Å²) in [6.07, 6.45) is 0. The van der Waals surface area contributed by atoms with Gasteiger partial charge in [0, 0.05) is 43.3 Å². The van der Waals surface area contributed by atoms with Crippen molar-refractivity contribution in [2.45, 2.75) is 13.5 Å². The monoisotopic (exact) mass is 418 g/mol. The summed E-state index contributed by atoms with van der Waals surface area (Å²) in [6, 6.07) is 15.8. The molecule has 1 aliphatic rings. The molecular weight excluding hydrogens is 396 g/mol. The number of amides is 1. The molecule has 0 spiro atoms. The van der Waals surface area contributed by atoms with Crippen molar-refractivity contribution in [1.29, 1.82) is 0 Å². The Labute approximate surface area is 174 Å². The van der Waals surface area contributed by atoms with Crippen molar-refractivity contribution in [3.05, 3.63) is 70.2 Å². The number of aryl methyl sites for hydroxylation is 1. The van der Waals surface area contributed by atoms with Crippen LogP contribution in [0.15, 0.2) is 48.5 Å². The highest BCUT2D eigenvalue weighted by molar-refractivity contribution is 6.31. The Morgan fingerprint density at radius 3 is 2.03 bits per heavy atom. The molecule has 1 fully saturated rings. The van der Waals surface area contributed by atoms with Crippen molar-refractivity contribution in [3.63, 3.8) is 0 Å². The molecule has 154 valence electrons. The first-order valence-electron chi connectivity index (χ1n) is 9.05. The van der Waals surface area contributed by atoms with Crippen LogP contribution in [0.4, 0.5) is 0 Å². The van der Waals surface area contributed by atoms with E-state index in [1.165, 1.54) is 11.1 Å². The summed E-state index contributed by atoms with van der Waals surface area (Å²) in [6.45, 7) is 6.37. The Morgan fingerprint density at radius 2 is 1.52 bits per heavy atom. The average molecular weight is 419 g/mol. The minimum atomic E-state index is -1.82. The van der Waals surface area contributed by atoms with E-state index in [2.05, 4.69) is 36.1 Å². The van der Waals surface area contributed by atoms with Crippen LogP contribution in [0.1, 0.15) is 21.5 Å². The van der Waals surface area contributed by atoms with Gasteiger partial charge in [-0.1, -0.05) is 47.5 Å². The quantitative estimate of drug-likeness (QED) is 0.744. The predicted molar refractivity (Wildman–Crippen MR) is 109 cm³/mol.